The van der Waals surface area contributed by atoms with Crippen molar-refractivity contribution in [1.82, 2.24) is 9.88 Å². The number of hydrogen-bond donors (Lipinski definition) is 0. The average molecular weight is 333 g/mol. The first-order valence-corrected chi connectivity index (χ1v) is 7.36. The molecule has 0 saturated heterocycles. The fourth-order valence-corrected chi connectivity index (χ4v) is 2.24. The van der Waals surface area contributed by atoms with Gasteiger partial charge in [0, 0.05) is 19.3 Å². The zero-order chi connectivity index (χ0) is 14.5. The van der Waals surface area contributed by atoms with Crippen molar-refractivity contribution < 1.29 is 4.79 Å². The van der Waals surface area contributed by atoms with E-state index in [9.17, 15) is 4.79 Å². The number of halogens is 1. The molecule has 1 aromatic carbocycles. The van der Waals surface area contributed by atoms with Gasteiger partial charge in [-0.3, -0.25) is 4.79 Å². The Morgan fingerprint density at radius 2 is 2.00 bits per heavy atom. The van der Waals surface area contributed by atoms with Gasteiger partial charge < -0.3 is 4.90 Å². The Balaban J connectivity index is 2.18. The van der Waals surface area contributed by atoms with Gasteiger partial charge in [0.05, 0.1) is 5.56 Å². The molecule has 0 aliphatic carbocycles. The van der Waals surface area contributed by atoms with Crippen molar-refractivity contribution in [3.63, 3.8) is 0 Å². The van der Waals surface area contributed by atoms with Crippen molar-refractivity contribution in [2.24, 2.45) is 0 Å². The van der Waals surface area contributed by atoms with E-state index in [0.29, 0.717) is 18.7 Å². The van der Waals surface area contributed by atoms with Crippen LogP contribution in [0.3, 0.4) is 0 Å². The van der Waals surface area contributed by atoms with Gasteiger partial charge in [-0.1, -0.05) is 24.3 Å². The number of aryl methyl sites for hydroxylation is 1. The van der Waals surface area contributed by atoms with Gasteiger partial charge in [0.1, 0.15) is 4.60 Å². The lowest BCUT2D eigenvalue weighted by atomic mass is 10.1. The maximum absolute atomic E-state index is 12.5. The molecule has 1 amide bonds. The third-order valence-corrected chi connectivity index (χ3v) is 3.73. The van der Waals surface area contributed by atoms with E-state index in [0.717, 1.165) is 4.60 Å². The van der Waals surface area contributed by atoms with E-state index in [1.54, 1.807) is 18.3 Å². The van der Waals surface area contributed by atoms with Crippen molar-refractivity contribution in [1.29, 1.82) is 0 Å². The first-order valence-electron chi connectivity index (χ1n) is 6.57. The van der Waals surface area contributed by atoms with Crippen molar-refractivity contribution >= 4 is 21.8 Å². The van der Waals surface area contributed by atoms with Crippen LogP contribution in [-0.2, 0) is 6.54 Å². The Labute approximate surface area is 127 Å². The Bertz CT molecular complexity index is 596. The van der Waals surface area contributed by atoms with Crippen molar-refractivity contribution in [3.05, 3.63) is 63.9 Å². The van der Waals surface area contributed by atoms with Crippen LogP contribution in [0.15, 0.2) is 47.2 Å². The highest BCUT2D eigenvalue weighted by Gasteiger charge is 2.15. The molecule has 2 rings (SSSR count). The highest BCUT2D eigenvalue weighted by molar-refractivity contribution is 9.10. The van der Waals surface area contributed by atoms with E-state index in [2.05, 4.69) is 40.0 Å². The molecule has 0 atom stereocenters. The molecule has 0 bridgehead atoms. The SMILES string of the molecule is CCN(Cc1ccccc1C)C(=O)c1ccc(Br)nc1. The summed E-state index contributed by atoms with van der Waals surface area (Å²) in [6.07, 6.45) is 1.60. The van der Waals surface area contributed by atoms with E-state index < -0.39 is 0 Å². The second kappa shape index (κ2) is 6.66. The van der Waals surface area contributed by atoms with E-state index in [1.807, 2.05) is 24.0 Å². The molecule has 0 unspecified atom stereocenters. The minimum absolute atomic E-state index is 0.00996. The Hall–Kier alpha value is -1.68. The number of aromatic nitrogens is 1. The zero-order valence-electron chi connectivity index (χ0n) is 11.6. The largest absolute Gasteiger partial charge is 0.335 e. The summed E-state index contributed by atoms with van der Waals surface area (Å²) < 4.78 is 0.732. The first kappa shape index (κ1) is 14.7. The topological polar surface area (TPSA) is 33.2 Å². The normalized spacial score (nSPS) is 10.3. The molecule has 20 heavy (non-hydrogen) atoms. The predicted octanol–water partition coefficient (Wildman–Crippen LogP) is 3.81. The predicted molar refractivity (Wildman–Crippen MR) is 83.5 cm³/mol. The highest BCUT2D eigenvalue weighted by Crippen LogP contribution is 2.14. The number of rotatable bonds is 4. The van der Waals surface area contributed by atoms with E-state index in [4.69, 9.17) is 0 Å². The van der Waals surface area contributed by atoms with Gasteiger partial charge in [-0.05, 0) is 53.0 Å². The van der Waals surface area contributed by atoms with E-state index in [-0.39, 0.29) is 5.91 Å². The molecular weight excluding hydrogens is 316 g/mol. The molecular formula is C16H17BrN2O. The molecule has 3 nitrogen and oxygen atoms in total. The van der Waals surface area contributed by atoms with Crippen LogP contribution < -0.4 is 0 Å². The maximum atomic E-state index is 12.5. The van der Waals surface area contributed by atoms with Crippen LogP contribution in [-0.4, -0.2) is 22.3 Å². The minimum Gasteiger partial charge on any atom is -0.335 e. The van der Waals surface area contributed by atoms with Gasteiger partial charge in [-0.2, -0.15) is 0 Å². The standard InChI is InChI=1S/C16H17BrN2O/c1-3-19(11-14-7-5-4-6-12(14)2)16(20)13-8-9-15(17)18-10-13/h4-10H,3,11H2,1-2H3. The average Bonchev–Trinajstić information content (AvgIpc) is 2.46. The number of hydrogen-bond acceptors (Lipinski definition) is 2. The number of benzene rings is 1. The second-order valence-electron chi connectivity index (χ2n) is 4.62. The summed E-state index contributed by atoms with van der Waals surface area (Å²) in [5, 5.41) is 0. The van der Waals surface area contributed by atoms with E-state index in [1.165, 1.54) is 11.1 Å². The van der Waals surface area contributed by atoms with Crippen molar-refractivity contribution in [2.45, 2.75) is 20.4 Å². The molecule has 0 N–H and O–H groups in total. The summed E-state index contributed by atoms with van der Waals surface area (Å²) >= 11 is 3.28. The van der Waals surface area contributed by atoms with Crippen molar-refractivity contribution in [3.8, 4) is 0 Å². The maximum Gasteiger partial charge on any atom is 0.255 e. The molecule has 104 valence electrons. The number of amides is 1. The molecule has 0 radical (unpaired) electrons. The molecule has 1 aromatic heterocycles. The summed E-state index contributed by atoms with van der Waals surface area (Å²) in [7, 11) is 0. The number of carbonyl (C=O) groups excluding carboxylic acids is 1. The lowest BCUT2D eigenvalue weighted by molar-refractivity contribution is 0.0752. The van der Waals surface area contributed by atoms with Crippen molar-refractivity contribution in [2.75, 3.05) is 6.54 Å². The number of pyridine rings is 1. The van der Waals surface area contributed by atoms with Gasteiger partial charge in [0.25, 0.3) is 5.91 Å². The van der Waals surface area contributed by atoms with E-state index >= 15 is 0 Å². The molecule has 0 saturated carbocycles. The van der Waals surface area contributed by atoms with Gasteiger partial charge in [0.15, 0.2) is 0 Å². The lowest BCUT2D eigenvalue weighted by Crippen LogP contribution is -2.30. The summed E-state index contributed by atoms with van der Waals surface area (Å²) in [4.78, 5) is 18.4. The number of carbonyl (C=O) groups is 1. The molecule has 0 aliphatic rings. The van der Waals surface area contributed by atoms with Crippen LogP contribution in [0, 0.1) is 6.92 Å². The van der Waals surface area contributed by atoms with Crippen LogP contribution in [0.1, 0.15) is 28.4 Å². The van der Waals surface area contributed by atoms with Gasteiger partial charge in [-0.15, -0.1) is 0 Å². The van der Waals surface area contributed by atoms with Gasteiger partial charge >= 0.3 is 0 Å². The van der Waals surface area contributed by atoms with Crippen LogP contribution in [0.4, 0.5) is 0 Å². The molecule has 4 heteroatoms. The summed E-state index contributed by atoms with van der Waals surface area (Å²) in [6.45, 7) is 5.35. The van der Waals surface area contributed by atoms with Crippen LogP contribution in [0.2, 0.25) is 0 Å². The molecule has 0 spiro atoms. The Morgan fingerprint density at radius 3 is 2.60 bits per heavy atom. The fourth-order valence-electron chi connectivity index (χ4n) is 2.01. The Morgan fingerprint density at radius 1 is 1.25 bits per heavy atom. The molecule has 2 aromatic rings. The minimum atomic E-state index is 0.00996. The van der Waals surface area contributed by atoms with Crippen LogP contribution in [0.5, 0.6) is 0 Å². The lowest BCUT2D eigenvalue weighted by Gasteiger charge is -2.22. The summed E-state index contributed by atoms with van der Waals surface area (Å²) in [5.74, 6) is 0.00996. The smallest absolute Gasteiger partial charge is 0.255 e. The second-order valence-corrected chi connectivity index (χ2v) is 5.43. The third-order valence-electron chi connectivity index (χ3n) is 3.27. The fraction of sp³-hybridized carbons (Fsp3) is 0.250. The monoisotopic (exact) mass is 332 g/mol. The summed E-state index contributed by atoms with van der Waals surface area (Å²) in [6, 6.07) is 11.7. The molecule has 0 aliphatic heterocycles. The molecule has 0 fully saturated rings. The first-order chi connectivity index (χ1) is 9.61. The Kier molecular flexibility index (Phi) is 4.90. The third kappa shape index (κ3) is 3.45. The van der Waals surface area contributed by atoms with Gasteiger partial charge in [-0.25, -0.2) is 4.98 Å². The van der Waals surface area contributed by atoms with Crippen LogP contribution >= 0.6 is 15.9 Å². The quantitative estimate of drug-likeness (QED) is 0.797. The van der Waals surface area contributed by atoms with Gasteiger partial charge in [0.2, 0.25) is 0 Å². The summed E-state index contributed by atoms with van der Waals surface area (Å²) in [5.41, 5.74) is 2.99. The van der Waals surface area contributed by atoms with Crippen LogP contribution in [0.25, 0.3) is 0 Å². The highest BCUT2D eigenvalue weighted by atomic mass is 79.9. The number of nitrogens with zero attached hydrogens (tertiary/aromatic N) is 2. The zero-order valence-corrected chi connectivity index (χ0v) is 13.2. The molecule has 1 heterocycles.